The Morgan fingerprint density at radius 1 is 1.35 bits per heavy atom. The van der Waals surface area contributed by atoms with Crippen molar-refractivity contribution < 1.29 is 4.74 Å². The van der Waals surface area contributed by atoms with E-state index in [1.807, 2.05) is 32.3 Å². The summed E-state index contributed by atoms with van der Waals surface area (Å²) in [5.74, 6) is 0. The van der Waals surface area contributed by atoms with Crippen LogP contribution in [0.4, 0.5) is 11.4 Å². The van der Waals surface area contributed by atoms with Crippen molar-refractivity contribution in [2.24, 2.45) is 0 Å². The van der Waals surface area contributed by atoms with E-state index in [9.17, 15) is 0 Å². The molecule has 0 aliphatic rings. The highest BCUT2D eigenvalue weighted by Gasteiger charge is 1.98. The van der Waals surface area contributed by atoms with Crippen LogP contribution in [0.25, 0.3) is 0 Å². The Morgan fingerprint density at radius 3 is 2.53 bits per heavy atom. The van der Waals surface area contributed by atoms with Crippen molar-refractivity contribution in [3.05, 3.63) is 24.3 Å². The molecule has 0 amide bonds. The number of rotatable bonds is 6. The zero-order chi connectivity index (χ0) is 12.7. The van der Waals surface area contributed by atoms with Gasteiger partial charge in [-0.2, -0.15) is 5.26 Å². The number of hydrogen-bond acceptors (Lipinski definition) is 4. The van der Waals surface area contributed by atoms with Gasteiger partial charge in [0.2, 0.25) is 0 Å². The molecule has 4 nitrogen and oxygen atoms in total. The number of benzene rings is 1. The molecule has 1 unspecified atom stereocenters. The third-order valence-electron chi connectivity index (χ3n) is 2.36. The van der Waals surface area contributed by atoms with Gasteiger partial charge in [0.05, 0.1) is 12.7 Å². The summed E-state index contributed by atoms with van der Waals surface area (Å²) in [6, 6.07) is 10.2. The predicted molar refractivity (Wildman–Crippen MR) is 70.3 cm³/mol. The average Bonchev–Trinajstić information content (AvgIpc) is 2.34. The number of hydrogen-bond donors (Lipinski definition) is 1. The minimum absolute atomic E-state index is 0.340. The quantitative estimate of drug-likeness (QED) is 0.764. The molecule has 0 aliphatic heterocycles. The third-order valence-corrected chi connectivity index (χ3v) is 2.36. The van der Waals surface area contributed by atoms with E-state index in [4.69, 9.17) is 10.00 Å². The first-order valence-electron chi connectivity index (χ1n) is 5.66. The predicted octanol–water partition coefficient (Wildman–Crippen LogP) is 2.09. The summed E-state index contributed by atoms with van der Waals surface area (Å²) in [5, 5.41) is 11.8. The molecule has 92 valence electrons. The number of nitriles is 1. The minimum atomic E-state index is -0.340. The fourth-order valence-electron chi connectivity index (χ4n) is 1.35. The molecule has 4 heteroatoms. The Labute approximate surface area is 103 Å². The molecule has 0 aliphatic carbocycles. The Morgan fingerprint density at radius 2 is 2.00 bits per heavy atom. The highest BCUT2D eigenvalue weighted by molar-refractivity contribution is 5.54. The first kappa shape index (κ1) is 13.3. The van der Waals surface area contributed by atoms with Crippen molar-refractivity contribution in [2.45, 2.75) is 13.0 Å². The molecule has 0 saturated carbocycles. The fraction of sp³-hybridized carbons (Fsp3) is 0.462. The zero-order valence-electron chi connectivity index (χ0n) is 10.6. The van der Waals surface area contributed by atoms with Crippen molar-refractivity contribution in [3.8, 4) is 6.07 Å². The van der Waals surface area contributed by atoms with E-state index in [0.29, 0.717) is 13.2 Å². The summed E-state index contributed by atoms with van der Waals surface area (Å²) < 4.78 is 5.24. The van der Waals surface area contributed by atoms with Gasteiger partial charge in [0.1, 0.15) is 6.10 Å². The molecular formula is C13H19N3O. The van der Waals surface area contributed by atoms with Gasteiger partial charge in [-0.25, -0.2) is 0 Å². The molecule has 1 aromatic rings. The van der Waals surface area contributed by atoms with Crippen molar-refractivity contribution in [1.82, 2.24) is 0 Å². The van der Waals surface area contributed by atoms with Crippen LogP contribution < -0.4 is 10.2 Å². The lowest BCUT2D eigenvalue weighted by Crippen LogP contribution is -2.14. The second-order valence-electron chi connectivity index (χ2n) is 4.01. The van der Waals surface area contributed by atoms with Crippen LogP contribution >= 0.6 is 0 Å². The fourth-order valence-corrected chi connectivity index (χ4v) is 1.35. The highest BCUT2D eigenvalue weighted by atomic mass is 16.5. The number of nitrogens with one attached hydrogen (secondary N) is 1. The summed E-state index contributed by atoms with van der Waals surface area (Å²) in [5.41, 5.74) is 2.23. The van der Waals surface area contributed by atoms with Crippen LogP contribution in [0.2, 0.25) is 0 Å². The SMILES string of the molecule is CC(C#N)OCCNc1ccc(N(C)C)cc1. The van der Waals surface area contributed by atoms with Gasteiger partial charge in [-0.1, -0.05) is 0 Å². The van der Waals surface area contributed by atoms with Gasteiger partial charge in [0, 0.05) is 32.0 Å². The van der Waals surface area contributed by atoms with Crippen LogP contribution in [0.15, 0.2) is 24.3 Å². The maximum Gasteiger partial charge on any atom is 0.141 e. The summed E-state index contributed by atoms with van der Waals surface area (Å²) >= 11 is 0. The normalized spacial score (nSPS) is 11.6. The molecule has 0 fully saturated rings. The summed E-state index contributed by atoms with van der Waals surface area (Å²) in [7, 11) is 4.03. The lowest BCUT2D eigenvalue weighted by molar-refractivity contribution is 0.111. The van der Waals surface area contributed by atoms with E-state index in [-0.39, 0.29) is 6.10 Å². The van der Waals surface area contributed by atoms with Crippen molar-refractivity contribution in [2.75, 3.05) is 37.5 Å². The van der Waals surface area contributed by atoms with Gasteiger partial charge in [0.15, 0.2) is 0 Å². The molecule has 1 rings (SSSR count). The second kappa shape index (κ2) is 6.77. The van der Waals surface area contributed by atoms with E-state index in [1.54, 1.807) is 6.92 Å². The summed E-state index contributed by atoms with van der Waals surface area (Å²) in [6.07, 6.45) is -0.340. The largest absolute Gasteiger partial charge is 0.383 e. The van der Waals surface area contributed by atoms with Gasteiger partial charge in [-0.05, 0) is 31.2 Å². The van der Waals surface area contributed by atoms with Gasteiger partial charge < -0.3 is 15.0 Å². The Kier molecular flexibility index (Phi) is 5.31. The molecule has 1 atom stereocenters. The van der Waals surface area contributed by atoms with Crippen LogP contribution in [0.1, 0.15) is 6.92 Å². The van der Waals surface area contributed by atoms with E-state index >= 15 is 0 Å². The lowest BCUT2D eigenvalue weighted by Gasteiger charge is -2.13. The van der Waals surface area contributed by atoms with Crippen LogP contribution in [-0.2, 0) is 4.74 Å². The molecule has 1 aromatic carbocycles. The molecule has 0 heterocycles. The lowest BCUT2D eigenvalue weighted by atomic mass is 10.2. The van der Waals surface area contributed by atoms with Crippen molar-refractivity contribution in [1.29, 1.82) is 5.26 Å². The summed E-state index contributed by atoms with van der Waals surface area (Å²) in [6.45, 7) is 2.98. The number of ether oxygens (including phenoxy) is 1. The zero-order valence-corrected chi connectivity index (χ0v) is 10.6. The number of anilines is 2. The van der Waals surface area contributed by atoms with Crippen LogP contribution in [0.3, 0.4) is 0 Å². The molecule has 0 bridgehead atoms. The van der Waals surface area contributed by atoms with Crippen molar-refractivity contribution in [3.63, 3.8) is 0 Å². The molecular weight excluding hydrogens is 214 g/mol. The Hall–Kier alpha value is -1.73. The smallest absolute Gasteiger partial charge is 0.141 e. The van der Waals surface area contributed by atoms with E-state index < -0.39 is 0 Å². The molecule has 0 aromatic heterocycles. The van der Waals surface area contributed by atoms with E-state index in [2.05, 4.69) is 22.3 Å². The molecule has 1 N–H and O–H groups in total. The van der Waals surface area contributed by atoms with Gasteiger partial charge in [0.25, 0.3) is 0 Å². The molecule has 0 radical (unpaired) electrons. The molecule has 0 saturated heterocycles. The first-order valence-corrected chi connectivity index (χ1v) is 5.66. The minimum Gasteiger partial charge on any atom is -0.383 e. The van der Waals surface area contributed by atoms with Crippen molar-refractivity contribution >= 4 is 11.4 Å². The second-order valence-corrected chi connectivity index (χ2v) is 4.01. The maximum absolute atomic E-state index is 8.53. The number of nitrogens with zero attached hydrogens (tertiary/aromatic N) is 2. The standard InChI is InChI=1S/C13H19N3O/c1-11(10-14)17-9-8-15-12-4-6-13(7-5-12)16(2)3/h4-7,11,15H,8-9H2,1-3H3. The molecule has 17 heavy (non-hydrogen) atoms. The van der Waals surface area contributed by atoms with Crippen LogP contribution in [-0.4, -0.2) is 33.4 Å². The average molecular weight is 233 g/mol. The van der Waals surface area contributed by atoms with E-state index in [0.717, 1.165) is 5.69 Å². The van der Waals surface area contributed by atoms with Gasteiger partial charge in [-0.15, -0.1) is 0 Å². The van der Waals surface area contributed by atoms with Crippen LogP contribution in [0, 0.1) is 11.3 Å². The van der Waals surface area contributed by atoms with Gasteiger partial charge in [-0.3, -0.25) is 0 Å². The Balaban J connectivity index is 2.31. The monoisotopic (exact) mass is 233 g/mol. The van der Waals surface area contributed by atoms with Gasteiger partial charge >= 0.3 is 0 Å². The highest BCUT2D eigenvalue weighted by Crippen LogP contribution is 2.15. The first-order chi connectivity index (χ1) is 8.13. The van der Waals surface area contributed by atoms with E-state index in [1.165, 1.54) is 5.69 Å². The third kappa shape index (κ3) is 4.75. The topological polar surface area (TPSA) is 48.3 Å². The Bertz CT molecular complexity index is 367. The summed E-state index contributed by atoms with van der Waals surface area (Å²) in [4.78, 5) is 2.06. The van der Waals surface area contributed by atoms with Crippen LogP contribution in [0.5, 0.6) is 0 Å². The maximum atomic E-state index is 8.53. The molecule has 0 spiro atoms.